The van der Waals surface area contributed by atoms with Crippen LogP contribution in [0.2, 0.25) is 10.0 Å². The average molecular weight is 443 g/mol. The van der Waals surface area contributed by atoms with Crippen molar-refractivity contribution in [3.8, 4) is 23.8 Å². The number of amides is 1. The van der Waals surface area contributed by atoms with Crippen molar-refractivity contribution in [2.75, 3.05) is 25.5 Å². The van der Waals surface area contributed by atoms with E-state index in [9.17, 15) is 13.2 Å². The molecule has 0 aliphatic heterocycles. The summed E-state index contributed by atoms with van der Waals surface area (Å²) in [7, 11) is -1.29. The van der Waals surface area contributed by atoms with Crippen molar-refractivity contribution in [2.24, 2.45) is 0 Å². The topological polar surface area (TPSA) is 93.7 Å². The maximum Gasteiger partial charge on any atom is 0.262 e. The van der Waals surface area contributed by atoms with E-state index in [2.05, 4.69) is 16.0 Å². The first-order valence-electron chi connectivity index (χ1n) is 7.69. The lowest BCUT2D eigenvalue weighted by Crippen LogP contribution is -2.24. The maximum absolute atomic E-state index is 12.8. The van der Waals surface area contributed by atoms with Gasteiger partial charge in [-0.1, -0.05) is 29.1 Å². The van der Waals surface area contributed by atoms with Crippen LogP contribution in [-0.4, -0.2) is 35.1 Å². The van der Waals surface area contributed by atoms with Crippen molar-refractivity contribution in [1.82, 2.24) is 5.32 Å². The Bertz CT molecular complexity index is 1050. The summed E-state index contributed by atoms with van der Waals surface area (Å²) in [5.41, 5.74) is 0.0705. The molecule has 0 atom stereocenters. The Morgan fingerprint density at radius 1 is 1.11 bits per heavy atom. The molecule has 0 spiro atoms. The van der Waals surface area contributed by atoms with E-state index in [4.69, 9.17) is 39.1 Å². The molecule has 1 amide bonds. The molecular weight excluding hydrogens is 427 g/mol. The van der Waals surface area contributed by atoms with Crippen LogP contribution in [0.1, 0.15) is 10.4 Å². The largest absolute Gasteiger partial charge is 0.495 e. The standard InChI is InChI=1S/C18H16Cl2N2O5S/c1-4-7-21-18(23)12-8-11(5-6-13(12)19)28(24,25)22-15-9-14(20)16(26-2)10-17(15)27-3/h1,5-6,8-10,22H,7H2,2-3H3,(H,21,23). The molecule has 0 aromatic heterocycles. The molecule has 0 radical (unpaired) electrons. The Kier molecular flexibility index (Phi) is 7.02. The normalized spacial score (nSPS) is 10.7. The third-order valence-corrected chi connectivity index (χ3v) is 5.55. The number of methoxy groups -OCH3 is 2. The Hall–Kier alpha value is -2.60. The van der Waals surface area contributed by atoms with Gasteiger partial charge in [0.15, 0.2) is 0 Å². The van der Waals surface area contributed by atoms with Crippen molar-refractivity contribution < 1.29 is 22.7 Å². The molecule has 0 saturated carbocycles. The fourth-order valence-electron chi connectivity index (χ4n) is 2.22. The number of rotatable bonds is 7. The van der Waals surface area contributed by atoms with Gasteiger partial charge >= 0.3 is 0 Å². The minimum Gasteiger partial charge on any atom is -0.495 e. The van der Waals surface area contributed by atoms with Gasteiger partial charge in [0, 0.05) is 6.07 Å². The van der Waals surface area contributed by atoms with Crippen molar-refractivity contribution in [1.29, 1.82) is 0 Å². The summed E-state index contributed by atoms with van der Waals surface area (Å²) >= 11 is 12.1. The van der Waals surface area contributed by atoms with Crippen molar-refractivity contribution >= 4 is 44.8 Å². The van der Waals surface area contributed by atoms with Gasteiger partial charge in [0.2, 0.25) is 0 Å². The van der Waals surface area contributed by atoms with Crippen LogP contribution in [0.3, 0.4) is 0 Å². The van der Waals surface area contributed by atoms with Gasteiger partial charge in [0.05, 0.1) is 47.0 Å². The maximum atomic E-state index is 12.8. The molecule has 2 N–H and O–H groups in total. The molecule has 7 nitrogen and oxygen atoms in total. The van der Waals surface area contributed by atoms with E-state index < -0.39 is 15.9 Å². The second-order valence-electron chi connectivity index (χ2n) is 5.32. The van der Waals surface area contributed by atoms with Crippen LogP contribution in [-0.2, 0) is 10.0 Å². The number of carbonyl (C=O) groups is 1. The lowest BCUT2D eigenvalue weighted by atomic mass is 10.2. The summed E-state index contributed by atoms with van der Waals surface area (Å²) < 4.78 is 38.2. The fourth-order valence-corrected chi connectivity index (χ4v) is 3.75. The van der Waals surface area contributed by atoms with Gasteiger partial charge in [-0.05, 0) is 24.3 Å². The molecule has 0 aliphatic rings. The highest BCUT2D eigenvalue weighted by molar-refractivity contribution is 7.92. The summed E-state index contributed by atoms with van der Waals surface area (Å²) in [6.07, 6.45) is 5.10. The quantitative estimate of drug-likeness (QED) is 0.642. The van der Waals surface area contributed by atoms with Crippen LogP contribution in [0.5, 0.6) is 11.5 Å². The molecule has 0 fully saturated rings. The number of anilines is 1. The highest BCUT2D eigenvalue weighted by atomic mass is 35.5. The van der Waals surface area contributed by atoms with E-state index >= 15 is 0 Å². The summed E-state index contributed by atoms with van der Waals surface area (Å²) in [5, 5.41) is 2.70. The number of sulfonamides is 1. The first-order chi connectivity index (χ1) is 13.2. The molecule has 148 valence electrons. The summed E-state index contributed by atoms with van der Waals surface area (Å²) in [5.74, 6) is 2.18. The van der Waals surface area contributed by atoms with Gasteiger partial charge in [-0.25, -0.2) is 8.42 Å². The van der Waals surface area contributed by atoms with Crippen LogP contribution in [0.25, 0.3) is 0 Å². The molecule has 10 heteroatoms. The van der Waals surface area contributed by atoms with E-state index in [0.717, 1.165) is 6.07 Å². The zero-order valence-electron chi connectivity index (χ0n) is 14.9. The van der Waals surface area contributed by atoms with Gasteiger partial charge in [-0.15, -0.1) is 6.42 Å². The third-order valence-electron chi connectivity index (χ3n) is 3.56. The van der Waals surface area contributed by atoms with Crippen LogP contribution in [0.15, 0.2) is 35.2 Å². The van der Waals surface area contributed by atoms with E-state index in [0.29, 0.717) is 5.75 Å². The van der Waals surface area contributed by atoms with Crippen LogP contribution in [0, 0.1) is 12.3 Å². The van der Waals surface area contributed by atoms with Gasteiger partial charge in [0.1, 0.15) is 11.5 Å². The second-order valence-corrected chi connectivity index (χ2v) is 7.82. The van der Waals surface area contributed by atoms with Crippen LogP contribution < -0.4 is 19.5 Å². The minimum atomic E-state index is -4.08. The molecule has 0 heterocycles. The lowest BCUT2D eigenvalue weighted by Gasteiger charge is -2.15. The Balaban J connectivity index is 2.42. The second kappa shape index (κ2) is 9.06. The van der Waals surface area contributed by atoms with Crippen molar-refractivity contribution in [2.45, 2.75) is 4.90 Å². The molecule has 28 heavy (non-hydrogen) atoms. The predicted molar refractivity (Wildman–Crippen MR) is 108 cm³/mol. The first-order valence-corrected chi connectivity index (χ1v) is 9.93. The molecule has 2 rings (SSSR count). The molecule has 0 aliphatic carbocycles. The van der Waals surface area contributed by atoms with E-state index in [-0.39, 0.29) is 38.5 Å². The monoisotopic (exact) mass is 442 g/mol. The van der Waals surface area contributed by atoms with Gasteiger partial charge in [-0.3, -0.25) is 9.52 Å². The molecule has 0 bridgehead atoms. The number of benzene rings is 2. The Morgan fingerprint density at radius 3 is 2.39 bits per heavy atom. The Morgan fingerprint density at radius 2 is 1.79 bits per heavy atom. The number of terminal acetylenes is 1. The number of nitrogens with one attached hydrogen (secondary N) is 2. The average Bonchev–Trinajstić information content (AvgIpc) is 2.66. The zero-order chi connectivity index (χ0) is 20.9. The first kappa shape index (κ1) is 21.7. The lowest BCUT2D eigenvalue weighted by molar-refractivity contribution is 0.0958. The summed E-state index contributed by atoms with van der Waals surface area (Å²) in [4.78, 5) is 11.9. The number of carbonyl (C=O) groups excluding carboxylic acids is 1. The summed E-state index contributed by atoms with van der Waals surface area (Å²) in [6, 6.07) is 6.52. The summed E-state index contributed by atoms with van der Waals surface area (Å²) in [6.45, 7) is -0.0219. The van der Waals surface area contributed by atoms with E-state index in [1.54, 1.807) is 0 Å². The van der Waals surface area contributed by atoms with Crippen LogP contribution in [0.4, 0.5) is 5.69 Å². The molecule has 0 unspecified atom stereocenters. The minimum absolute atomic E-state index is 0.0219. The predicted octanol–water partition coefficient (Wildman–Crippen LogP) is 3.17. The van der Waals surface area contributed by atoms with Crippen molar-refractivity contribution in [3.63, 3.8) is 0 Å². The zero-order valence-corrected chi connectivity index (χ0v) is 17.2. The van der Waals surface area contributed by atoms with Crippen LogP contribution >= 0.6 is 23.2 Å². The highest BCUT2D eigenvalue weighted by Crippen LogP contribution is 2.37. The third kappa shape index (κ3) is 4.81. The Labute approximate surface area is 173 Å². The number of ether oxygens (including phenoxy) is 2. The van der Waals surface area contributed by atoms with E-state index in [1.807, 2.05) is 0 Å². The number of hydrogen-bond acceptors (Lipinski definition) is 5. The molecule has 0 saturated heterocycles. The molecule has 2 aromatic rings. The van der Waals surface area contributed by atoms with E-state index in [1.165, 1.54) is 38.5 Å². The molecule has 2 aromatic carbocycles. The van der Waals surface area contributed by atoms with Gasteiger partial charge < -0.3 is 14.8 Å². The number of hydrogen-bond donors (Lipinski definition) is 2. The van der Waals surface area contributed by atoms with Gasteiger partial charge in [-0.2, -0.15) is 0 Å². The van der Waals surface area contributed by atoms with Crippen molar-refractivity contribution in [3.05, 3.63) is 45.9 Å². The smallest absolute Gasteiger partial charge is 0.262 e. The fraction of sp³-hybridized carbons (Fsp3) is 0.167. The SMILES string of the molecule is C#CCNC(=O)c1cc(S(=O)(=O)Nc2cc(Cl)c(OC)cc2OC)ccc1Cl. The van der Waals surface area contributed by atoms with Gasteiger partial charge in [0.25, 0.3) is 15.9 Å². The highest BCUT2D eigenvalue weighted by Gasteiger charge is 2.21. The number of halogens is 2. The molecular formula is C18H16Cl2N2O5S.